The average Bonchev–Trinajstić information content (AvgIpc) is 3.11. The molecule has 1 aliphatic heterocycles. The van der Waals surface area contributed by atoms with Gasteiger partial charge in [-0.2, -0.15) is 0 Å². The molecule has 9 heteroatoms. The zero-order valence-electron chi connectivity index (χ0n) is 18.3. The van der Waals surface area contributed by atoms with Gasteiger partial charge in [0.15, 0.2) is 11.5 Å². The fourth-order valence-corrected chi connectivity index (χ4v) is 4.40. The number of nitrogens with zero attached hydrogens (tertiary/aromatic N) is 1. The predicted octanol–water partition coefficient (Wildman–Crippen LogP) is 5.56. The lowest BCUT2D eigenvalue weighted by Crippen LogP contribution is -2.14. The van der Waals surface area contributed by atoms with Crippen molar-refractivity contribution in [2.24, 2.45) is 4.99 Å². The molecule has 7 nitrogen and oxygen atoms in total. The smallest absolute Gasteiger partial charge is 0.344 e. The zero-order valence-corrected chi connectivity index (χ0v) is 20.7. The topological polar surface area (TPSA) is 94.4 Å². The molecule has 0 fully saturated rings. The van der Waals surface area contributed by atoms with Gasteiger partial charge in [0.05, 0.1) is 25.2 Å². The normalized spacial score (nSPS) is 15.8. The van der Waals surface area contributed by atoms with Gasteiger partial charge in [-0.05, 0) is 49.8 Å². The fraction of sp³-hybridized carbons (Fsp3) is 0.208. The summed E-state index contributed by atoms with van der Waals surface area (Å²) >= 11 is 4.50. The van der Waals surface area contributed by atoms with Gasteiger partial charge in [-0.1, -0.05) is 45.9 Å². The molecular weight excluding hydrogens is 510 g/mol. The molecule has 0 atom stereocenters. The van der Waals surface area contributed by atoms with E-state index in [0.717, 1.165) is 11.8 Å². The van der Waals surface area contributed by atoms with Crippen LogP contribution in [0.2, 0.25) is 0 Å². The van der Waals surface area contributed by atoms with Crippen molar-refractivity contribution in [1.82, 2.24) is 0 Å². The third-order valence-corrected chi connectivity index (χ3v) is 6.17. The predicted molar refractivity (Wildman–Crippen MR) is 132 cm³/mol. The van der Waals surface area contributed by atoms with Crippen LogP contribution in [0.4, 0.5) is 0 Å². The van der Waals surface area contributed by atoms with Crippen molar-refractivity contribution in [2.45, 2.75) is 13.8 Å². The summed E-state index contributed by atoms with van der Waals surface area (Å²) in [5, 5.41) is 10.9. The Morgan fingerprint density at radius 3 is 2.48 bits per heavy atom. The van der Waals surface area contributed by atoms with E-state index in [1.165, 1.54) is 0 Å². The third kappa shape index (κ3) is 5.66. The molecule has 2 aromatic carbocycles. The SMILES string of the molecule is CCOC(=O)C1=C(O)/C(=C/c2cc(OCC)c(OC)cc2Br)SC1=NC(=O)c1ccccc1. The number of thioether (sulfide) groups is 1. The second-order valence-electron chi connectivity index (χ2n) is 6.60. The van der Waals surface area contributed by atoms with E-state index in [1.54, 1.807) is 62.6 Å². The molecule has 1 aliphatic rings. The van der Waals surface area contributed by atoms with Gasteiger partial charge < -0.3 is 19.3 Å². The molecular formula is C24H22BrNO6S. The largest absolute Gasteiger partial charge is 0.506 e. The molecule has 2 aromatic rings. The second kappa shape index (κ2) is 11.2. The molecule has 0 spiro atoms. The number of aliphatic hydroxyl groups is 1. The summed E-state index contributed by atoms with van der Waals surface area (Å²) in [5.74, 6) is -0.515. The van der Waals surface area contributed by atoms with Crippen LogP contribution in [0, 0.1) is 0 Å². The highest BCUT2D eigenvalue weighted by Crippen LogP contribution is 2.41. The number of benzene rings is 2. The lowest BCUT2D eigenvalue weighted by atomic mass is 10.1. The number of carbonyl (C=O) groups is 2. The molecule has 0 saturated carbocycles. The number of ether oxygens (including phenoxy) is 3. The Balaban J connectivity index is 2.06. The first-order valence-corrected chi connectivity index (χ1v) is 11.7. The summed E-state index contributed by atoms with van der Waals surface area (Å²) in [6.45, 7) is 4.07. The van der Waals surface area contributed by atoms with Crippen molar-refractivity contribution in [3.63, 3.8) is 0 Å². The molecule has 0 aliphatic carbocycles. The lowest BCUT2D eigenvalue weighted by Gasteiger charge is -2.12. The van der Waals surface area contributed by atoms with Gasteiger partial charge in [0.1, 0.15) is 16.4 Å². The maximum atomic E-state index is 12.6. The quantitative estimate of drug-likeness (QED) is 0.467. The highest BCUT2D eigenvalue weighted by molar-refractivity contribution is 9.10. The van der Waals surface area contributed by atoms with Crippen molar-refractivity contribution in [2.75, 3.05) is 20.3 Å². The van der Waals surface area contributed by atoms with Crippen LogP contribution in [0.5, 0.6) is 11.5 Å². The fourth-order valence-electron chi connectivity index (χ4n) is 2.96. The van der Waals surface area contributed by atoms with Crippen LogP contribution in [0.3, 0.4) is 0 Å². The Morgan fingerprint density at radius 2 is 1.85 bits per heavy atom. The summed E-state index contributed by atoms with van der Waals surface area (Å²) in [6, 6.07) is 12.0. The number of aliphatic imine (C=N–C) groups is 1. The summed E-state index contributed by atoms with van der Waals surface area (Å²) in [5.41, 5.74) is 0.893. The molecule has 1 heterocycles. The van der Waals surface area contributed by atoms with Crippen LogP contribution in [-0.2, 0) is 9.53 Å². The maximum Gasteiger partial charge on any atom is 0.344 e. The monoisotopic (exact) mass is 531 g/mol. The number of rotatable bonds is 7. The number of halogens is 1. The molecule has 3 rings (SSSR count). The minimum absolute atomic E-state index is 0.0701. The van der Waals surface area contributed by atoms with Crippen molar-refractivity contribution in [3.8, 4) is 11.5 Å². The van der Waals surface area contributed by atoms with Gasteiger partial charge in [-0.3, -0.25) is 4.79 Å². The lowest BCUT2D eigenvalue weighted by molar-refractivity contribution is -0.138. The highest BCUT2D eigenvalue weighted by Gasteiger charge is 2.34. The first-order chi connectivity index (χ1) is 15.9. The van der Waals surface area contributed by atoms with Crippen LogP contribution in [0.25, 0.3) is 6.08 Å². The molecule has 0 saturated heterocycles. The van der Waals surface area contributed by atoms with Crippen LogP contribution >= 0.6 is 27.7 Å². The number of esters is 1. The van der Waals surface area contributed by atoms with Crippen molar-refractivity contribution < 1.29 is 28.9 Å². The summed E-state index contributed by atoms with van der Waals surface area (Å²) < 4.78 is 16.7. The summed E-state index contributed by atoms with van der Waals surface area (Å²) in [6.07, 6.45) is 1.67. The number of hydrogen-bond donors (Lipinski definition) is 1. The molecule has 0 bridgehead atoms. The Morgan fingerprint density at radius 1 is 1.12 bits per heavy atom. The minimum atomic E-state index is -0.755. The van der Waals surface area contributed by atoms with Crippen LogP contribution in [0.1, 0.15) is 29.8 Å². The zero-order chi connectivity index (χ0) is 24.0. The Hall–Kier alpha value is -3.04. The highest BCUT2D eigenvalue weighted by atomic mass is 79.9. The molecule has 1 N–H and O–H groups in total. The summed E-state index contributed by atoms with van der Waals surface area (Å²) in [7, 11) is 1.54. The van der Waals surface area contributed by atoms with Gasteiger partial charge in [0.25, 0.3) is 5.91 Å². The molecule has 0 unspecified atom stereocenters. The number of carbonyl (C=O) groups excluding carboxylic acids is 2. The van der Waals surface area contributed by atoms with Crippen LogP contribution in [0.15, 0.2) is 68.2 Å². The van der Waals surface area contributed by atoms with E-state index in [4.69, 9.17) is 14.2 Å². The maximum absolute atomic E-state index is 12.6. The Labute approximate surface area is 204 Å². The van der Waals surface area contributed by atoms with Gasteiger partial charge in [0.2, 0.25) is 0 Å². The van der Waals surface area contributed by atoms with Gasteiger partial charge >= 0.3 is 5.97 Å². The van der Waals surface area contributed by atoms with Gasteiger partial charge in [0, 0.05) is 10.0 Å². The van der Waals surface area contributed by atoms with Crippen LogP contribution < -0.4 is 9.47 Å². The number of methoxy groups -OCH3 is 1. The molecule has 33 heavy (non-hydrogen) atoms. The second-order valence-corrected chi connectivity index (χ2v) is 8.49. The molecule has 0 radical (unpaired) electrons. The van der Waals surface area contributed by atoms with Crippen molar-refractivity contribution >= 4 is 50.7 Å². The van der Waals surface area contributed by atoms with E-state index in [1.807, 2.05) is 6.92 Å². The van der Waals surface area contributed by atoms with Gasteiger partial charge in [-0.25, -0.2) is 9.79 Å². The van der Waals surface area contributed by atoms with E-state index < -0.39 is 11.9 Å². The van der Waals surface area contributed by atoms with Crippen molar-refractivity contribution in [3.05, 3.63) is 74.3 Å². The third-order valence-electron chi connectivity index (χ3n) is 4.46. The Bertz CT molecular complexity index is 1160. The van der Waals surface area contributed by atoms with E-state index >= 15 is 0 Å². The van der Waals surface area contributed by atoms with E-state index in [0.29, 0.717) is 38.6 Å². The first-order valence-electron chi connectivity index (χ1n) is 10.1. The van der Waals surface area contributed by atoms with Crippen molar-refractivity contribution in [1.29, 1.82) is 0 Å². The molecule has 1 amide bonds. The van der Waals surface area contributed by atoms with E-state index in [-0.39, 0.29) is 23.0 Å². The minimum Gasteiger partial charge on any atom is -0.506 e. The number of aliphatic hydroxyl groups excluding tert-OH is 1. The van der Waals surface area contributed by atoms with E-state index in [9.17, 15) is 14.7 Å². The van der Waals surface area contributed by atoms with Gasteiger partial charge in [-0.15, -0.1) is 0 Å². The number of amides is 1. The number of hydrogen-bond acceptors (Lipinski definition) is 7. The average molecular weight is 532 g/mol. The molecule has 0 aromatic heterocycles. The first kappa shape index (κ1) is 24.6. The van der Waals surface area contributed by atoms with Crippen LogP contribution in [-0.4, -0.2) is 42.4 Å². The molecule has 172 valence electrons. The van der Waals surface area contributed by atoms with E-state index in [2.05, 4.69) is 20.9 Å². The Kier molecular flexibility index (Phi) is 8.35. The summed E-state index contributed by atoms with van der Waals surface area (Å²) in [4.78, 5) is 29.6. The standard InChI is InChI=1S/C24H22BrNO6S/c1-4-31-18-11-15(16(25)13-17(18)30-3)12-19-21(27)20(24(29)32-5-2)23(33-19)26-22(28)14-9-7-6-8-10-14/h6-13,27H,4-5H2,1-3H3/b19-12-,26-23?.